The van der Waals surface area contributed by atoms with Gasteiger partial charge in [0.25, 0.3) is 0 Å². The van der Waals surface area contributed by atoms with Gasteiger partial charge >= 0.3 is 18.2 Å². The summed E-state index contributed by atoms with van der Waals surface area (Å²) < 4.78 is 70.0. The maximum absolute atomic E-state index is 14.8. The summed E-state index contributed by atoms with van der Waals surface area (Å²) in [6.07, 6.45) is -5.88. The van der Waals surface area contributed by atoms with Crippen LogP contribution in [0, 0.1) is 5.82 Å². The number of methoxy groups -OCH3 is 1. The summed E-state index contributed by atoms with van der Waals surface area (Å²) >= 11 is 0. The van der Waals surface area contributed by atoms with E-state index >= 15 is 0 Å². The number of hydrogen-bond acceptors (Lipinski definition) is 7. The molecule has 1 N–H and O–H groups in total. The van der Waals surface area contributed by atoms with E-state index in [1.54, 1.807) is 0 Å². The molecule has 0 spiro atoms. The molecule has 0 aromatic heterocycles. The Morgan fingerprint density at radius 2 is 1.93 bits per heavy atom. The monoisotopic (exact) mass is 421 g/mol. The first-order valence-corrected chi connectivity index (χ1v) is 8.41. The van der Waals surface area contributed by atoms with Gasteiger partial charge in [-0.05, 0) is 12.1 Å². The van der Waals surface area contributed by atoms with Crippen molar-refractivity contribution in [1.82, 2.24) is 5.43 Å². The zero-order valence-electron chi connectivity index (χ0n) is 15.6. The molecule has 0 bridgehead atoms. The van der Waals surface area contributed by atoms with Gasteiger partial charge in [0, 0.05) is 25.6 Å². The van der Waals surface area contributed by atoms with Crippen molar-refractivity contribution in [2.75, 3.05) is 44.9 Å². The Kier molecular flexibility index (Phi) is 7.37. The van der Waals surface area contributed by atoms with E-state index in [-0.39, 0.29) is 37.6 Å². The minimum atomic E-state index is -4.87. The first-order chi connectivity index (χ1) is 13.6. The molecular formula is C17H19F4N3O5. The number of nitrogens with zero attached hydrogens (tertiary/aromatic N) is 2. The molecule has 2 rings (SSSR count). The number of halogens is 4. The van der Waals surface area contributed by atoms with Crippen molar-refractivity contribution >= 4 is 23.5 Å². The molecular weight excluding hydrogens is 402 g/mol. The lowest BCUT2D eigenvalue weighted by molar-refractivity contribution is -0.139. The molecule has 1 aliphatic rings. The zero-order chi connectivity index (χ0) is 21.6. The van der Waals surface area contributed by atoms with Crippen LogP contribution in [0.3, 0.4) is 0 Å². The molecule has 8 nitrogen and oxygen atoms in total. The van der Waals surface area contributed by atoms with E-state index in [1.807, 2.05) is 5.43 Å². The van der Waals surface area contributed by atoms with Crippen LogP contribution in [0.4, 0.5) is 28.0 Å². The zero-order valence-corrected chi connectivity index (χ0v) is 15.6. The van der Waals surface area contributed by atoms with Crippen molar-refractivity contribution in [3.8, 4) is 0 Å². The van der Waals surface area contributed by atoms with Crippen molar-refractivity contribution in [2.24, 2.45) is 5.10 Å². The van der Waals surface area contributed by atoms with E-state index in [0.29, 0.717) is 6.07 Å². The molecule has 1 fully saturated rings. The number of hydrogen-bond donors (Lipinski definition) is 1. The Labute approximate surface area is 163 Å². The molecule has 29 heavy (non-hydrogen) atoms. The van der Waals surface area contributed by atoms with Gasteiger partial charge in [-0.3, -0.25) is 4.79 Å². The number of carbonyl (C=O) groups is 2. The number of alkyl halides is 3. The fourth-order valence-corrected chi connectivity index (χ4v) is 2.60. The fraction of sp³-hybridized carbons (Fsp3) is 0.471. The van der Waals surface area contributed by atoms with E-state index in [0.717, 1.165) is 20.1 Å². The maximum Gasteiger partial charge on any atom is 0.427 e. The van der Waals surface area contributed by atoms with Crippen molar-refractivity contribution in [1.29, 1.82) is 0 Å². The molecule has 12 heteroatoms. The number of amides is 1. The number of carbonyl (C=O) groups excluding carboxylic acids is 2. The Morgan fingerprint density at radius 3 is 2.48 bits per heavy atom. The summed E-state index contributed by atoms with van der Waals surface area (Å²) in [6, 6.07) is 1.52. The summed E-state index contributed by atoms with van der Waals surface area (Å²) in [7, 11) is 1.05. The summed E-state index contributed by atoms with van der Waals surface area (Å²) in [5.74, 6) is -1.87. The molecule has 1 heterocycles. The Morgan fingerprint density at radius 1 is 1.28 bits per heavy atom. The summed E-state index contributed by atoms with van der Waals surface area (Å²) in [5, 5.41) is 3.59. The predicted octanol–water partition coefficient (Wildman–Crippen LogP) is 2.30. The average Bonchev–Trinajstić information content (AvgIpc) is 2.66. The van der Waals surface area contributed by atoms with Gasteiger partial charge in [-0.1, -0.05) is 0 Å². The number of esters is 1. The van der Waals surface area contributed by atoms with Crippen LogP contribution in [-0.2, 0) is 25.2 Å². The highest BCUT2D eigenvalue weighted by atomic mass is 19.4. The van der Waals surface area contributed by atoms with Crippen LogP contribution in [0.2, 0.25) is 0 Å². The highest BCUT2D eigenvalue weighted by Gasteiger charge is 2.38. The first kappa shape index (κ1) is 22.4. The topological polar surface area (TPSA) is 89.5 Å². The van der Waals surface area contributed by atoms with E-state index in [2.05, 4.69) is 9.84 Å². The van der Waals surface area contributed by atoms with Crippen molar-refractivity contribution in [2.45, 2.75) is 13.1 Å². The smallest absolute Gasteiger partial charge is 0.427 e. The first-order valence-electron chi connectivity index (χ1n) is 8.41. The maximum atomic E-state index is 14.8. The SMILES string of the molecule is COC(=O)NN=C(COC(C)=O)c1cc(F)c(N2CCOCC2)c(C(F)(F)F)c1. The van der Waals surface area contributed by atoms with Gasteiger partial charge in [0.15, 0.2) is 0 Å². The second-order valence-electron chi connectivity index (χ2n) is 5.89. The van der Waals surface area contributed by atoms with Gasteiger partial charge in [-0.2, -0.15) is 18.3 Å². The standard InChI is InChI=1S/C17H19F4N3O5/c1-10(25)29-9-14(22-23-16(26)27-2)11-7-12(17(19,20)21)15(13(18)8-11)24-3-5-28-6-4-24/h7-8H,3-6,9H2,1-2H3,(H,23,26). The van der Waals surface area contributed by atoms with Crippen molar-refractivity contribution < 1.29 is 41.4 Å². The number of hydrazone groups is 1. The molecule has 1 aromatic carbocycles. The van der Waals surface area contributed by atoms with Crippen LogP contribution in [0.25, 0.3) is 0 Å². The van der Waals surface area contributed by atoms with Crippen LogP contribution in [0.5, 0.6) is 0 Å². The second-order valence-corrected chi connectivity index (χ2v) is 5.89. The van der Waals surface area contributed by atoms with Crippen molar-refractivity contribution in [3.63, 3.8) is 0 Å². The fourth-order valence-electron chi connectivity index (χ4n) is 2.60. The predicted molar refractivity (Wildman–Crippen MR) is 93.1 cm³/mol. The number of nitrogens with one attached hydrogen (secondary N) is 1. The summed E-state index contributed by atoms with van der Waals surface area (Å²) in [5.41, 5.74) is -0.522. The van der Waals surface area contributed by atoms with E-state index in [4.69, 9.17) is 9.47 Å². The van der Waals surface area contributed by atoms with Crippen LogP contribution >= 0.6 is 0 Å². The van der Waals surface area contributed by atoms with E-state index in [9.17, 15) is 27.2 Å². The Balaban J connectivity index is 2.52. The molecule has 1 aliphatic heterocycles. The molecule has 1 aromatic rings. The van der Waals surface area contributed by atoms with Crippen LogP contribution in [0.15, 0.2) is 17.2 Å². The number of rotatable bonds is 5. The summed E-state index contributed by atoms with van der Waals surface area (Å²) in [4.78, 5) is 23.5. The highest BCUT2D eigenvalue weighted by molar-refractivity contribution is 6.03. The third kappa shape index (κ3) is 6.04. The molecule has 1 saturated heterocycles. The van der Waals surface area contributed by atoms with Gasteiger partial charge < -0.3 is 19.1 Å². The highest BCUT2D eigenvalue weighted by Crippen LogP contribution is 2.39. The Bertz CT molecular complexity index is 792. The van der Waals surface area contributed by atoms with E-state index in [1.165, 1.54) is 4.90 Å². The third-order valence-corrected chi connectivity index (χ3v) is 3.91. The van der Waals surface area contributed by atoms with Gasteiger partial charge in [0.05, 0.1) is 31.6 Å². The summed E-state index contributed by atoms with van der Waals surface area (Å²) in [6.45, 7) is 1.01. The van der Waals surface area contributed by atoms with Crippen molar-refractivity contribution in [3.05, 3.63) is 29.1 Å². The number of anilines is 1. The number of benzene rings is 1. The Hall–Kier alpha value is -2.89. The molecule has 0 saturated carbocycles. The van der Waals surface area contributed by atoms with Crippen LogP contribution in [-0.4, -0.2) is 57.8 Å². The largest absolute Gasteiger partial charge is 0.459 e. The van der Waals surface area contributed by atoms with E-state index < -0.39 is 41.9 Å². The lowest BCUT2D eigenvalue weighted by atomic mass is 10.0. The normalized spacial score (nSPS) is 15.1. The number of morpholine rings is 1. The third-order valence-electron chi connectivity index (χ3n) is 3.91. The quantitative estimate of drug-likeness (QED) is 0.340. The van der Waals surface area contributed by atoms with Gasteiger partial charge in [0.2, 0.25) is 0 Å². The molecule has 0 aliphatic carbocycles. The molecule has 0 atom stereocenters. The van der Waals surface area contributed by atoms with Gasteiger partial charge in [0.1, 0.15) is 18.1 Å². The lowest BCUT2D eigenvalue weighted by Gasteiger charge is -2.31. The minimum absolute atomic E-state index is 0.0949. The lowest BCUT2D eigenvalue weighted by Crippen LogP contribution is -2.38. The average molecular weight is 421 g/mol. The van der Waals surface area contributed by atoms with Crippen LogP contribution in [0.1, 0.15) is 18.1 Å². The van der Waals surface area contributed by atoms with Gasteiger partial charge in [-0.15, -0.1) is 0 Å². The molecule has 160 valence electrons. The van der Waals surface area contributed by atoms with Gasteiger partial charge in [-0.25, -0.2) is 14.6 Å². The molecule has 1 amide bonds. The minimum Gasteiger partial charge on any atom is -0.459 e. The van der Waals surface area contributed by atoms with Crippen LogP contribution < -0.4 is 10.3 Å². The number of ether oxygens (including phenoxy) is 3. The molecule has 0 radical (unpaired) electrons. The second kappa shape index (κ2) is 9.54. The molecule has 0 unspecified atom stereocenters.